The molecule has 0 saturated heterocycles. The van der Waals surface area contributed by atoms with Gasteiger partial charge in [0.15, 0.2) is 0 Å². The highest BCUT2D eigenvalue weighted by Crippen LogP contribution is 2.33. The first-order chi connectivity index (χ1) is 10.6. The highest BCUT2D eigenvalue weighted by atomic mass is 19.4. The summed E-state index contributed by atoms with van der Waals surface area (Å²) >= 11 is 0. The molecule has 1 amide bonds. The van der Waals surface area contributed by atoms with Crippen molar-refractivity contribution in [3.8, 4) is 5.75 Å². The van der Waals surface area contributed by atoms with Crippen LogP contribution < -0.4 is 10.1 Å². The molecular weight excluding hydrogens is 313 g/mol. The van der Waals surface area contributed by atoms with Crippen LogP contribution in [0.15, 0.2) is 24.0 Å². The van der Waals surface area contributed by atoms with E-state index in [1.54, 1.807) is 12.1 Å². The molecule has 0 atom stereocenters. The molecule has 0 unspecified atom stereocenters. The van der Waals surface area contributed by atoms with E-state index in [1.807, 2.05) is 13.8 Å². The molecule has 1 aromatic carbocycles. The Labute approximate surface area is 129 Å². The molecule has 0 aliphatic heterocycles. The number of alkyl halides is 3. The van der Waals surface area contributed by atoms with Crippen molar-refractivity contribution in [3.63, 3.8) is 0 Å². The van der Waals surface area contributed by atoms with Crippen molar-refractivity contribution >= 4 is 22.5 Å². The number of allylic oxidation sites excluding steroid dienone is 1. The summed E-state index contributed by atoms with van der Waals surface area (Å²) in [7, 11) is 1.38. The summed E-state index contributed by atoms with van der Waals surface area (Å²) in [6.45, 7) is 3.79. The van der Waals surface area contributed by atoms with Gasteiger partial charge in [0, 0.05) is 16.6 Å². The standard InChI is InChI=1S/C15H15F3N2O3/c1-7-8(2)19-10-5-11(12(23-3)4-9(7)10)20-14(22)6-13(21)15(16,17)18/h4-6,19,21H,1-3H3,(H,20,22)/b13-6-. The largest absolute Gasteiger partial charge is 0.504 e. The number of amides is 1. The number of hydrogen-bond donors (Lipinski definition) is 3. The van der Waals surface area contributed by atoms with Crippen molar-refractivity contribution in [3.05, 3.63) is 35.2 Å². The summed E-state index contributed by atoms with van der Waals surface area (Å²) < 4.78 is 41.8. The zero-order valence-electron chi connectivity index (χ0n) is 12.6. The highest BCUT2D eigenvalue weighted by Gasteiger charge is 2.34. The summed E-state index contributed by atoms with van der Waals surface area (Å²) in [5, 5.41) is 12.0. The lowest BCUT2D eigenvalue weighted by molar-refractivity contribution is -0.124. The lowest BCUT2D eigenvalue weighted by Gasteiger charge is -2.10. The van der Waals surface area contributed by atoms with Crippen molar-refractivity contribution in [1.29, 1.82) is 0 Å². The Hall–Kier alpha value is -2.64. The van der Waals surface area contributed by atoms with Crippen LogP contribution in [0.2, 0.25) is 0 Å². The second-order valence-corrected chi connectivity index (χ2v) is 4.99. The highest BCUT2D eigenvalue weighted by molar-refractivity contribution is 6.02. The zero-order valence-corrected chi connectivity index (χ0v) is 12.6. The van der Waals surface area contributed by atoms with Gasteiger partial charge in [0.1, 0.15) is 5.75 Å². The van der Waals surface area contributed by atoms with E-state index in [2.05, 4.69) is 10.3 Å². The molecule has 5 nitrogen and oxygen atoms in total. The summed E-state index contributed by atoms with van der Waals surface area (Å²) in [5.74, 6) is -2.79. The number of methoxy groups -OCH3 is 1. The van der Waals surface area contributed by atoms with Crippen LogP contribution in [0.5, 0.6) is 5.75 Å². The van der Waals surface area contributed by atoms with Gasteiger partial charge in [0.05, 0.1) is 18.9 Å². The van der Waals surface area contributed by atoms with E-state index in [9.17, 15) is 18.0 Å². The van der Waals surface area contributed by atoms with Crippen LogP contribution in [0.25, 0.3) is 10.9 Å². The number of carbonyl (C=O) groups excluding carboxylic acids is 1. The number of H-pyrrole nitrogens is 1. The fourth-order valence-electron chi connectivity index (χ4n) is 2.13. The first kappa shape index (κ1) is 16.7. The van der Waals surface area contributed by atoms with Crippen molar-refractivity contribution in [1.82, 2.24) is 4.98 Å². The average molecular weight is 328 g/mol. The monoisotopic (exact) mass is 328 g/mol. The first-order valence-corrected chi connectivity index (χ1v) is 6.59. The van der Waals surface area contributed by atoms with Crippen LogP contribution in [0.4, 0.5) is 18.9 Å². The van der Waals surface area contributed by atoms with Crippen LogP contribution in [0, 0.1) is 13.8 Å². The topological polar surface area (TPSA) is 74.3 Å². The summed E-state index contributed by atoms with van der Waals surface area (Å²) in [5.41, 5.74) is 2.84. The zero-order chi connectivity index (χ0) is 17.4. The molecule has 1 aromatic heterocycles. The molecule has 124 valence electrons. The predicted octanol–water partition coefficient (Wildman–Crippen LogP) is 3.74. The summed E-state index contributed by atoms with van der Waals surface area (Å²) in [6.07, 6.45) is -4.89. The minimum Gasteiger partial charge on any atom is -0.504 e. The predicted molar refractivity (Wildman–Crippen MR) is 79.7 cm³/mol. The minimum atomic E-state index is -4.97. The minimum absolute atomic E-state index is 0.0782. The number of aliphatic hydroxyl groups excluding tert-OH is 1. The van der Waals surface area contributed by atoms with Gasteiger partial charge in [-0.05, 0) is 31.5 Å². The second kappa shape index (κ2) is 5.86. The Balaban J connectivity index is 2.38. The van der Waals surface area contributed by atoms with Crippen LogP contribution >= 0.6 is 0 Å². The molecule has 0 saturated carbocycles. The number of aryl methyl sites for hydroxylation is 2. The van der Waals surface area contributed by atoms with Crippen molar-refractivity contribution in [2.75, 3.05) is 12.4 Å². The van der Waals surface area contributed by atoms with Gasteiger partial charge in [0.25, 0.3) is 5.91 Å². The number of nitrogens with one attached hydrogen (secondary N) is 2. The van der Waals surface area contributed by atoms with E-state index in [0.29, 0.717) is 11.3 Å². The van der Waals surface area contributed by atoms with Gasteiger partial charge in [-0.2, -0.15) is 13.2 Å². The van der Waals surface area contributed by atoms with Gasteiger partial charge >= 0.3 is 6.18 Å². The number of carbonyl (C=O) groups is 1. The second-order valence-electron chi connectivity index (χ2n) is 4.99. The number of aliphatic hydroxyl groups is 1. The molecular formula is C15H15F3N2O3. The third-order valence-corrected chi connectivity index (χ3v) is 3.44. The number of ether oxygens (including phenoxy) is 1. The van der Waals surface area contributed by atoms with Gasteiger partial charge in [-0.3, -0.25) is 4.79 Å². The molecule has 0 aliphatic carbocycles. The van der Waals surface area contributed by atoms with E-state index in [-0.39, 0.29) is 11.8 Å². The molecule has 0 spiro atoms. The Morgan fingerprint density at radius 2 is 2.00 bits per heavy atom. The molecule has 2 rings (SSSR count). The molecule has 0 radical (unpaired) electrons. The first-order valence-electron chi connectivity index (χ1n) is 6.59. The fraction of sp³-hybridized carbons (Fsp3) is 0.267. The number of aromatic nitrogens is 1. The van der Waals surface area contributed by atoms with Crippen LogP contribution in [-0.4, -0.2) is 29.3 Å². The van der Waals surface area contributed by atoms with Gasteiger partial charge in [-0.15, -0.1) is 0 Å². The molecule has 8 heteroatoms. The number of hydrogen-bond acceptors (Lipinski definition) is 3. The lowest BCUT2D eigenvalue weighted by Crippen LogP contribution is -2.16. The third kappa shape index (κ3) is 3.41. The Kier molecular flexibility index (Phi) is 4.26. The normalized spacial score (nSPS) is 12.5. The maximum absolute atomic E-state index is 12.2. The average Bonchev–Trinajstić information content (AvgIpc) is 2.71. The molecule has 3 N–H and O–H groups in total. The third-order valence-electron chi connectivity index (χ3n) is 3.44. The van der Waals surface area contributed by atoms with Crippen LogP contribution in [0.3, 0.4) is 0 Å². The molecule has 1 heterocycles. The fourth-order valence-corrected chi connectivity index (χ4v) is 2.13. The van der Waals surface area contributed by atoms with Crippen LogP contribution in [-0.2, 0) is 4.79 Å². The molecule has 2 aromatic rings. The quantitative estimate of drug-likeness (QED) is 0.593. The van der Waals surface area contributed by atoms with E-state index in [1.165, 1.54) is 7.11 Å². The van der Waals surface area contributed by atoms with Crippen LogP contribution in [0.1, 0.15) is 11.3 Å². The summed E-state index contributed by atoms with van der Waals surface area (Å²) in [4.78, 5) is 14.7. The van der Waals surface area contributed by atoms with Gasteiger partial charge in [-0.1, -0.05) is 0 Å². The van der Waals surface area contributed by atoms with E-state index >= 15 is 0 Å². The number of fused-ring (bicyclic) bond motifs is 1. The molecule has 0 bridgehead atoms. The Bertz CT molecular complexity index is 791. The maximum atomic E-state index is 12.2. The number of aromatic amines is 1. The summed E-state index contributed by atoms with van der Waals surface area (Å²) in [6, 6.07) is 3.24. The molecule has 0 fully saturated rings. The van der Waals surface area contributed by atoms with Crippen molar-refractivity contribution < 1.29 is 27.8 Å². The van der Waals surface area contributed by atoms with Crippen molar-refractivity contribution in [2.45, 2.75) is 20.0 Å². The number of benzene rings is 1. The number of halogens is 3. The van der Waals surface area contributed by atoms with E-state index in [0.717, 1.165) is 16.6 Å². The van der Waals surface area contributed by atoms with Gasteiger partial charge in [-0.25, -0.2) is 0 Å². The maximum Gasteiger partial charge on any atom is 0.448 e. The number of anilines is 1. The van der Waals surface area contributed by atoms with E-state index in [4.69, 9.17) is 9.84 Å². The van der Waals surface area contributed by atoms with Gasteiger partial charge < -0.3 is 20.1 Å². The Morgan fingerprint density at radius 1 is 1.35 bits per heavy atom. The van der Waals surface area contributed by atoms with Crippen molar-refractivity contribution in [2.24, 2.45) is 0 Å². The molecule has 23 heavy (non-hydrogen) atoms. The Morgan fingerprint density at radius 3 is 2.57 bits per heavy atom. The smallest absolute Gasteiger partial charge is 0.448 e. The lowest BCUT2D eigenvalue weighted by atomic mass is 10.1. The van der Waals surface area contributed by atoms with Gasteiger partial charge in [0.2, 0.25) is 5.76 Å². The van der Waals surface area contributed by atoms with E-state index < -0.39 is 17.8 Å². The number of rotatable bonds is 3. The molecule has 0 aliphatic rings. The SMILES string of the molecule is COc1cc2c(C)c(C)[nH]c2cc1NC(=O)/C=C(\O)C(F)(F)F.